The number of nitrogens with one attached hydrogen (secondary N) is 1. The summed E-state index contributed by atoms with van der Waals surface area (Å²) < 4.78 is 6.82. The molecule has 2 aromatic carbocycles. The van der Waals surface area contributed by atoms with Crippen LogP contribution in [0.4, 0.5) is 5.82 Å². The standard InChI is InChI=1S/C18H16N6O/c1-12(13-7-9-14(25-2)10-8-13)20-21-17-15-5-3-4-6-16(15)18-22-19-11-24(18)23-17/h3-11H,1-2H3,(H,21,23). The van der Waals surface area contributed by atoms with Gasteiger partial charge in [-0.15, -0.1) is 15.3 Å². The van der Waals surface area contributed by atoms with Crippen molar-refractivity contribution in [2.24, 2.45) is 5.10 Å². The minimum atomic E-state index is 0.649. The molecule has 2 heterocycles. The summed E-state index contributed by atoms with van der Waals surface area (Å²) in [5, 5.41) is 18.9. The summed E-state index contributed by atoms with van der Waals surface area (Å²) in [6, 6.07) is 15.6. The van der Waals surface area contributed by atoms with Gasteiger partial charge in [0.05, 0.1) is 12.8 Å². The fourth-order valence-corrected chi connectivity index (χ4v) is 2.64. The second kappa shape index (κ2) is 6.20. The largest absolute Gasteiger partial charge is 0.497 e. The molecule has 1 N–H and O–H groups in total. The Balaban J connectivity index is 1.71. The van der Waals surface area contributed by atoms with Crippen molar-refractivity contribution in [3.63, 3.8) is 0 Å². The highest BCUT2D eigenvalue weighted by atomic mass is 16.5. The third kappa shape index (κ3) is 2.76. The Labute approximate surface area is 144 Å². The monoisotopic (exact) mass is 332 g/mol. The van der Waals surface area contributed by atoms with Gasteiger partial charge in [0.25, 0.3) is 0 Å². The number of ether oxygens (including phenoxy) is 1. The van der Waals surface area contributed by atoms with E-state index in [4.69, 9.17) is 4.74 Å². The summed E-state index contributed by atoms with van der Waals surface area (Å²) in [5.41, 5.74) is 5.63. The van der Waals surface area contributed by atoms with Crippen molar-refractivity contribution in [2.75, 3.05) is 12.5 Å². The van der Waals surface area contributed by atoms with E-state index in [0.29, 0.717) is 5.82 Å². The number of anilines is 1. The molecule has 0 radical (unpaired) electrons. The first kappa shape index (κ1) is 15.1. The van der Waals surface area contributed by atoms with Crippen LogP contribution in [0, 0.1) is 0 Å². The molecule has 7 nitrogen and oxygen atoms in total. The van der Waals surface area contributed by atoms with Crippen LogP contribution in [0.3, 0.4) is 0 Å². The Morgan fingerprint density at radius 3 is 2.60 bits per heavy atom. The van der Waals surface area contributed by atoms with Gasteiger partial charge in [-0.05, 0) is 36.8 Å². The van der Waals surface area contributed by atoms with E-state index in [1.165, 1.54) is 0 Å². The van der Waals surface area contributed by atoms with Crippen LogP contribution in [0.1, 0.15) is 12.5 Å². The van der Waals surface area contributed by atoms with Gasteiger partial charge in [-0.25, -0.2) is 0 Å². The highest BCUT2D eigenvalue weighted by Crippen LogP contribution is 2.24. The van der Waals surface area contributed by atoms with Gasteiger partial charge in [0, 0.05) is 10.8 Å². The van der Waals surface area contributed by atoms with Gasteiger partial charge in [-0.1, -0.05) is 24.3 Å². The maximum atomic E-state index is 5.18. The Morgan fingerprint density at radius 2 is 1.84 bits per heavy atom. The van der Waals surface area contributed by atoms with E-state index in [9.17, 15) is 0 Å². The number of fused-ring (bicyclic) bond motifs is 3. The van der Waals surface area contributed by atoms with Gasteiger partial charge < -0.3 is 4.74 Å². The molecule has 0 aliphatic rings. The van der Waals surface area contributed by atoms with Crippen molar-refractivity contribution >= 4 is 27.9 Å². The quantitative estimate of drug-likeness (QED) is 0.459. The zero-order valence-electron chi connectivity index (χ0n) is 13.8. The summed E-state index contributed by atoms with van der Waals surface area (Å²) in [5.74, 6) is 1.46. The van der Waals surface area contributed by atoms with Gasteiger partial charge in [0.1, 0.15) is 12.1 Å². The molecule has 0 aliphatic heterocycles. The minimum absolute atomic E-state index is 0.649. The van der Waals surface area contributed by atoms with Gasteiger partial charge in [0.2, 0.25) is 0 Å². The second-order valence-corrected chi connectivity index (χ2v) is 5.53. The number of hydrazone groups is 1. The van der Waals surface area contributed by atoms with Crippen LogP contribution in [0.25, 0.3) is 16.4 Å². The summed E-state index contributed by atoms with van der Waals surface area (Å²) in [6.07, 6.45) is 1.58. The van der Waals surface area contributed by atoms with Crippen LogP contribution in [-0.2, 0) is 0 Å². The second-order valence-electron chi connectivity index (χ2n) is 5.53. The minimum Gasteiger partial charge on any atom is -0.497 e. The fraction of sp³-hybridized carbons (Fsp3) is 0.111. The molecule has 2 aromatic heterocycles. The first-order valence-electron chi connectivity index (χ1n) is 7.80. The third-order valence-corrected chi connectivity index (χ3v) is 4.00. The summed E-state index contributed by atoms with van der Waals surface area (Å²) in [4.78, 5) is 0. The van der Waals surface area contributed by atoms with Crippen molar-refractivity contribution in [3.05, 3.63) is 60.4 Å². The molecule has 4 rings (SSSR count). The predicted molar refractivity (Wildman–Crippen MR) is 97.1 cm³/mol. The van der Waals surface area contributed by atoms with Gasteiger partial charge >= 0.3 is 0 Å². The molecular formula is C18H16N6O. The van der Waals surface area contributed by atoms with Crippen molar-refractivity contribution in [1.82, 2.24) is 19.8 Å². The van der Waals surface area contributed by atoms with Crippen molar-refractivity contribution in [3.8, 4) is 5.75 Å². The van der Waals surface area contributed by atoms with Crippen molar-refractivity contribution < 1.29 is 4.74 Å². The predicted octanol–water partition coefficient (Wildman–Crippen LogP) is 3.12. The number of aromatic nitrogens is 4. The molecule has 0 fully saturated rings. The average Bonchev–Trinajstić information content (AvgIpc) is 3.14. The Hall–Kier alpha value is -3.48. The zero-order valence-corrected chi connectivity index (χ0v) is 13.8. The maximum absolute atomic E-state index is 5.18. The molecule has 0 atom stereocenters. The number of rotatable bonds is 4. The maximum Gasteiger partial charge on any atom is 0.185 e. The molecule has 7 heteroatoms. The number of benzene rings is 2. The van der Waals surface area contributed by atoms with Crippen LogP contribution in [0.15, 0.2) is 60.0 Å². The highest BCUT2D eigenvalue weighted by Gasteiger charge is 2.09. The Kier molecular flexibility index (Phi) is 3.74. The zero-order chi connectivity index (χ0) is 17.2. The molecule has 0 amide bonds. The lowest BCUT2D eigenvalue weighted by Crippen LogP contribution is -2.04. The lowest BCUT2D eigenvalue weighted by Gasteiger charge is -2.08. The van der Waals surface area contributed by atoms with Crippen molar-refractivity contribution in [1.29, 1.82) is 0 Å². The van der Waals surface area contributed by atoms with Crippen LogP contribution >= 0.6 is 0 Å². The summed E-state index contributed by atoms with van der Waals surface area (Å²) in [6.45, 7) is 1.94. The van der Waals surface area contributed by atoms with Gasteiger partial charge in [-0.3, -0.25) is 5.43 Å². The molecule has 0 saturated carbocycles. The molecule has 0 saturated heterocycles. The van der Waals surface area contributed by atoms with Crippen LogP contribution in [0.2, 0.25) is 0 Å². The Morgan fingerprint density at radius 1 is 1.08 bits per heavy atom. The van der Waals surface area contributed by atoms with E-state index >= 15 is 0 Å². The van der Waals surface area contributed by atoms with E-state index < -0.39 is 0 Å². The molecular weight excluding hydrogens is 316 g/mol. The fourth-order valence-electron chi connectivity index (χ4n) is 2.64. The van der Waals surface area contributed by atoms with E-state index in [1.54, 1.807) is 18.0 Å². The first-order chi connectivity index (χ1) is 12.3. The van der Waals surface area contributed by atoms with Gasteiger partial charge in [0.15, 0.2) is 11.5 Å². The lowest BCUT2D eigenvalue weighted by atomic mass is 10.1. The average molecular weight is 332 g/mol. The third-order valence-electron chi connectivity index (χ3n) is 4.00. The number of methoxy groups -OCH3 is 1. The summed E-state index contributed by atoms with van der Waals surface area (Å²) >= 11 is 0. The van der Waals surface area contributed by atoms with E-state index in [0.717, 1.165) is 33.4 Å². The van der Waals surface area contributed by atoms with Crippen LogP contribution < -0.4 is 10.2 Å². The van der Waals surface area contributed by atoms with Gasteiger partial charge in [-0.2, -0.15) is 9.62 Å². The summed E-state index contributed by atoms with van der Waals surface area (Å²) in [7, 11) is 1.65. The van der Waals surface area contributed by atoms with Crippen LogP contribution in [0.5, 0.6) is 5.75 Å². The molecule has 0 spiro atoms. The number of nitrogens with zero attached hydrogens (tertiary/aromatic N) is 5. The molecule has 25 heavy (non-hydrogen) atoms. The van der Waals surface area contributed by atoms with E-state index in [1.807, 2.05) is 55.5 Å². The Bertz CT molecular complexity index is 1070. The number of hydrogen-bond acceptors (Lipinski definition) is 6. The van der Waals surface area contributed by atoms with Crippen molar-refractivity contribution in [2.45, 2.75) is 6.92 Å². The highest BCUT2D eigenvalue weighted by molar-refractivity contribution is 6.01. The van der Waals surface area contributed by atoms with E-state index in [2.05, 4.69) is 25.8 Å². The lowest BCUT2D eigenvalue weighted by molar-refractivity contribution is 0.415. The number of hydrogen-bond donors (Lipinski definition) is 1. The smallest absolute Gasteiger partial charge is 0.185 e. The molecule has 0 unspecified atom stereocenters. The topological polar surface area (TPSA) is 76.7 Å². The molecule has 4 aromatic rings. The molecule has 124 valence electrons. The first-order valence-corrected chi connectivity index (χ1v) is 7.80. The molecule has 0 bridgehead atoms. The SMILES string of the molecule is COc1ccc(C(C)=NNc2nn3cnnc3c3ccccc23)cc1. The normalized spacial score (nSPS) is 11.8. The van der Waals surface area contributed by atoms with Crippen LogP contribution in [-0.4, -0.2) is 32.6 Å². The van der Waals surface area contributed by atoms with E-state index in [-0.39, 0.29) is 0 Å². The molecule has 0 aliphatic carbocycles.